The van der Waals surface area contributed by atoms with Crippen molar-refractivity contribution in [2.75, 3.05) is 6.54 Å². The van der Waals surface area contributed by atoms with Gasteiger partial charge in [0.15, 0.2) is 0 Å². The lowest BCUT2D eigenvalue weighted by molar-refractivity contribution is -0.274. The Morgan fingerprint density at radius 3 is 2.37 bits per heavy atom. The molecule has 148 valence electrons. The molecule has 0 aliphatic carbocycles. The van der Waals surface area contributed by atoms with E-state index in [-0.39, 0.29) is 24.8 Å². The minimum absolute atomic E-state index is 0.101. The number of alkyl carbamates (subject to hydrolysis) is 1. The molecule has 0 spiro atoms. The number of hydrogen-bond donors (Lipinski definition) is 2. The number of alkyl halides is 3. The van der Waals surface area contributed by atoms with Crippen LogP contribution in [-0.2, 0) is 16.1 Å². The number of halogens is 3. The third-order valence-electron chi connectivity index (χ3n) is 3.18. The Balaban J connectivity index is 2.56. The molecular weight excluding hydrogens is 367 g/mol. The molecule has 0 bridgehead atoms. The number of nitrogens with zero attached hydrogens (tertiary/aromatic N) is 1. The van der Waals surface area contributed by atoms with Crippen molar-refractivity contribution in [1.82, 2.24) is 10.6 Å². The van der Waals surface area contributed by atoms with Crippen molar-refractivity contribution in [2.24, 2.45) is 5.92 Å². The van der Waals surface area contributed by atoms with Gasteiger partial charge in [0, 0.05) is 0 Å². The van der Waals surface area contributed by atoms with Crippen LogP contribution in [-0.4, -0.2) is 30.9 Å². The van der Waals surface area contributed by atoms with Crippen molar-refractivity contribution in [3.8, 4) is 11.8 Å². The molecule has 0 aromatic heterocycles. The summed E-state index contributed by atoms with van der Waals surface area (Å²) in [5, 5.41) is 13.3. The summed E-state index contributed by atoms with van der Waals surface area (Å²) in [5.74, 6) is -0.790. The fourth-order valence-corrected chi connectivity index (χ4v) is 2.07. The van der Waals surface area contributed by atoms with Gasteiger partial charge in [0.1, 0.15) is 24.9 Å². The van der Waals surface area contributed by atoms with Crippen molar-refractivity contribution >= 4 is 12.0 Å². The highest BCUT2D eigenvalue weighted by atomic mass is 19.4. The molecule has 0 unspecified atom stereocenters. The molecule has 0 fully saturated rings. The molecule has 1 atom stereocenters. The Morgan fingerprint density at radius 2 is 1.85 bits per heavy atom. The van der Waals surface area contributed by atoms with Crippen LogP contribution in [0.2, 0.25) is 0 Å². The Hall–Kier alpha value is -2.96. The van der Waals surface area contributed by atoms with Crippen molar-refractivity contribution in [3.05, 3.63) is 29.8 Å². The quantitative estimate of drug-likeness (QED) is 0.668. The summed E-state index contributed by atoms with van der Waals surface area (Å²) in [6, 6.07) is 5.74. The van der Waals surface area contributed by atoms with Gasteiger partial charge < -0.3 is 20.1 Å². The van der Waals surface area contributed by atoms with E-state index in [0.717, 1.165) is 12.1 Å². The zero-order valence-electron chi connectivity index (χ0n) is 14.8. The van der Waals surface area contributed by atoms with Crippen LogP contribution in [0.5, 0.6) is 5.75 Å². The molecule has 1 aromatic carbocycles. The highest BCUT2D eigenvalue weighted by molar-refractivity contribution is 5.85. The predicted octanol–water partition coefficient (Wildman–Crippen LogP) is 2.87. The van der Waals surface area contributed by atoms with Gasteiger partial charge in [-0.15, -0.1) is 13.2 Å². The number of nitrogens with one attached hydrogen (secondary N) is 2. The maximum atomic E-state index is 12.1. The number of hydrogen-bond acceptors (Lipinski definition) is 5. The van der Waals surface area contributed by atoms with Gasteiger partial charge in [0.05, 0.1) is 6.07 Å². The largest absolute Gasteiger partial charge is 0.573 e. The molecule has 7 nitrogen and oxygen atoms in total. The van der Waals surface area contributed by atoms with Crippen LogP contribution in [0.15, 0.2) is 24.3 Å². The third kappa shape index (κ3) is 9.34. The van der Waals surface area contributed by atoms with Crippen LogP contribution < -0.4 is 15.4 Å². The van der Waals surface area contributed by atoms with Crippen molar-refractivity contribution < 1.29 is 32.2 Å². The van der Waals surface area contributed by atoms with Crippen molar-refractivity contribution in [1.29, 1.82) is 5.26 Å². The van der Waals surface area contributed by atoms with E-state index in [4.69, 9.17) is 10.00 Å². The SMILES string of the molecule is CC(C)C[C@H](NC(=O)OCc1ccc(OC(F)(F)F)cc1)C(=O)NCC#N. The Labute approximate surface area is 154 Å². The van der Waals surface area contributed by atoms with Gasteiger partial charge in [-0.2, -0.15) is 5.26 Å². The summed E-state index contributed by atoms with van der Waals surface area (Å²) < 4.78 is 45.0. The second-order valence-corrected chi connectivity index (χ2v) is 5.97. The zero-order chi connectivity index (χ0) is 20.4. The van der Waals surface area contributed by atoms with Crippen LogP contribution in [0.3, 0.4) is 0 Å². The zero-order valence-corrected chi connectivity index (χ0v) is 14.8. The van der Waals surface area contributed by atoms with E-state index in [1.807, 2.05) is 13.8 Å². The summed E-state index contributed by atoms with van der Waals surface area (Å²) in [4.78, 5) is 23.8. The van der Waals surface area contributed by atoms with E-state index in [0.29, 0.717) is 12.0 Å². The molecule has 2 amide bonds. The van der Waals surface area contributed by atoms with Gasteiger partial charge in [-0.05, 0) is 30.0 Å². The number of benzene rings is 1. The summed E-state index contributed by atoms with van der Waals surface area (Å²) in [6.45, 7) is 3.34. The molecule has 1 rings (SSSR count). The maximum Gasteiger partial charge on any atom is 0.573 e. The van der Waals surface area contributed by atoms with Crippen LogP contribution in [0, 0.1) is 17.2 Å². The highest BCUT2D eigenvalue weighted by Crippen LogP contribution is 2.22. The van der Waals surface area contributed by atoms with Crippen molar-refractivity contribution in [3.63, 3.8) is 0 Å². The lowest BCUT2D eigenvalue weighted by Gasteiger charge is -2.19. The number of amides is 2. The van der Waals surface area contributed by atoms with Crippen LogP contribution in [0.25, 0.3) is 0 Å². The van der Waals surface area contributed by atoms with Crippen LogP contribution in [0.1, 0.15) is 25.8 Å². The summed E-state index contributed by atoms with van der Waals surface area (Å²) >= 11 is 0. The molecule has 2 N–H and O–H groups in total. The van der Waals surface area contributed by atoms with E-state index >= 15 is 0 Å². The number of carbonyl (C=O) groups is 2. The molecule has 0 heterocycles. The Kier molecular flexibility index (Phi) is 8.38. The molecule has 0 saturated heterocycles. The number of carbonyl (C=O) groups excluding carboxylic acids is 2. The molecule has 0 saturated carbocycles. The monoisotopic (exact) mass is 387 g/mol. The first kappa shape index (κ1) is 22.1. The molecule has 0 aliphatic heterocycles. The maximum absolute atomic E-state index is 12.1. The number of ether oxygens (including phenoxy) is 2. The topological polar surface area (TPSA) is 100 Å². The van der Waals surface area contributed by atoms with E-state index in [1.54, 1.807) is 6.07 Å². The predicted molar refractivity (Wildman–Crippen MR) is 88.3 cm³/mol. The minimum Gasteiger partial charge on any atom is -0.445 e. The molecular formula is C17H20F3N3O4. The van der Waals surface area contributed by atoms with E-state index in [1.165, 1.54) is 12.1 Å². The second kappa shape index (κ2) is 10.3. The molecule has 27 heavy (non-hydrogen) atoms. The van der Waals surface area contributed by atoms with Crippen molar-refractivity contribution in [2.45, 2.75) is 39.3 Å². The van der Waals surface area contributed by atoms with Crippen LogP contribution >= 0.6 is 0 Å². The number of rotatable bonds is 8. The first-order chi connectivity index (χ1) is 12.6. The highest BCUT2D eigenvalue weighted by Gasteiger charge is 2.31. The van der Waals surface area contributed by atoms with E-state index in [9.17, 15) is 22.8 Å². The lowest BCUT2D eigenvalue weighted by atomic mass is 10.0. The lowest BCUT2D eigenvalue weighted by Crippen LogP contribution is -2.47. The Morgan fingerprint density at radius 1 is 1.22 bits per heavy atom. The van der Waals surface area contributed by atoms with Gasteiger partial charge in [0.25, 0.3) is 0 Å². The normalized spacial score (nSPS) is 12.0. The van der Waals surface area contributed by atoms with Gasteiger partial charge >= 0.3 is 12.5 Å². The average Bonchev–Trinajstić information content (AvgIpc) is 2.56. The standard InChI is InChI=1S/C17H20F3N3O4/c1-11(2)9-14(15(24)22-8-7-21)23-16(25)26-10-12-3-5-13(6-4-12)27-17(18,19)20/h3-6,11,14H,8-10H2,1-2H3,(H,22,24)(H,23,25)/t14-/m0/s1. The van der Waals surface area contributed by atoms with E-state index in [2.05, 4.69) is 15.4 Å². The number of nitriles is 1. The molecule has 10 heteroatoms. The summed E-state index contributed by atoms with van der Waals surface area (Å²) in [5.41, 5.74) is 0.439. The first-order valence-corrected chi connectivity index (χ1v) is 8.03. The second-order valence-electron chi connectivity index (χ2n) is 5.97. The van der Waals surface area contributed by atoms with Gasteiger partial charge in [0.2, 0.25) is 5.91 Å². The van der Waals surface area contributed by atoms with Gasteiger partial charge in [-0.3, -0.25) is 4.79 Å². The molecule has 1 aromatic rings. The fourth-order valence-electron chi connectivity index (χ4n) is 2.07. The molecule has 0 aliphatic rings. The fraction of sp³-hybridized carbons (Fsp3) is 0.471. The minimum atomic E-state index is -4.78. The Bertz CT molecular complexity index is 669. The van der Waals surface area contributed by atoms with Gasteiger partial charge in [-0.1, -0.05) is 26.0 Å². The summed E-state index contributed by atoms with van der Waals surface area (Å²) in [6.07, 6.45) is -5.30. The summed E-state index contributed by atoms with van der Waals surface area (Å²) in [7, 11) is 0. The first-order valence-electron chi connectivity index (χ1n) is 8.03. The molecule has 0 radical (unpaired) electrons. The smallest absolute Gasteiger partial charge is 0.445 e. The van der Waals surface area contributed by atoms with Crippen LogP contribution in [0.4, 0.5) is 18.0 Å². The van der Waals surface area contributed by atoms with E-state index < -0.39 is 24.4 Å². The van der Waals surface area contributed by atoms with Gasteiger partial charge in [-0.25, -0.2) is 4.79 Å². The average molecular weight is 387 g/mol. The third-order valence-corrected chi connectivity index (χ3v) is 3.18.